The maximum atomic E-state index is 8.83. The van der Waals surface area contributed by atoms with Gasteiger partial charge in [-0.15, -0.1) is 10.2 Å². The Morgan fingerprint density at radius 2 is 2.00 bits per heavy atom. The van der Waals surface area contributed by atoms with Gasteiger partial charge in [0.05, 0.1) is 5.56 Å². The molecule has 2 aromatic heterocycles. The van der Waals surface area contributed by atoms with E-state index in [1.807, 2.05) is 18.2 Å². The third-order valence-electron chi connectivity index (χ3n) is 3.48. The number of aromatic nitrogens is 4. The predicted octanol–water partition coefficient (Wildman–Crippen LogP) is 3.69. The molecule has 0 unspecified atom stereocenters. The number of hydrogen-bond acceptors (Lipinski definition) is 5. The molecule has 0 bridgehead atoms. The van der Waals surface area contributed by atoms with Gasteiger partial charge in [-0.2, -0.15) is 5.26 Å². The van der Waals surface area contributed by atoms with Crippen molar-refractivity contribution in [2.45, 2.75) is 30.6 Å². The average Bonchev–Trinajstić information content (AvgIpc) is 2.98. The highest BCUT2D eigenvalue weighted by Gasteiger charge is 2.15. The van der Waals surface area contributed by atoms with Crippen molar-refractivity contribution < 1.29 is 0 Å². The zero-order valence-corrected chi connectivity index (χ0v) is 13.7. The summed E-state index contributed by atoms with van der Waals surface area (Å²) in [7, 11) is 0. The molecule has 0 atom stereocenters. The van der Waals surface area contributed by atoms with Gasteiger partial charge in [-0.25, -0.2) is 4.98 Å². The molecule has 0 amide bonds. The molecular weight excluding hydrogens is 306 g/mol. The smallest absolute Gasteiger partial charge is 0.197 e. The van der Waals surface area contributed by atoms with E-state index in [-0.39, 0.29) is 0 Å². The van der Waals surface area contributed by atoms with Crippen LogP contribution in [-0.4, -0.2) is 19.7 Å². The van der Waals surface area contributed by atoms with E-state index in [1.54, 1.807) is 12.3 Å². The van der Waals surface area contributed by atoms with Crippen molar-refractivity contribution in [1.82, 2.24) is 19.7 Å². The minimum Gasteiger partial charge on any atom is -0.302 e. The van der Waals surface area contributed by atoms with E-state index >= 15 is 0 Å². The lowest BCUT2D eigenvalue weighted by Gasteiger charge is -2.08. The van der Waals surface area contributed by atoms with Crippen LogP contribution in [0.1, 0.15) is 18.1 Å². The van der Waals surface area contributed by atoms with E-state index in [1.165, 1.54) is 17.3 Å². The molecule has 0 N–H and O–H groups in total. The molecule has 3 rings (SSSR count). The normalized spacial score (nSPS) is 10.5. The molecule has 0 radical (unpaired) electrons. The second-order valence-corrected chi connectivity index (χ2v) is 5.95. The lowest BCUT2D eigenvalue weighted by atomic mass is 10.1. The number of aryl methyl sites for hydroxylation is 1. The lowest BCUT2D eigenvalue weighted by Crippen LogP contribution is -2.00. The highest BCUT2D eigenvalue weighted by molar-refractivity contribution is 7.99. The summed E-state index contributed by atoms with van der Waals surface area (Å²) in [6.45, 7) is 4.91. The number of hydrogen-bond donors (Lipinski definition) is 0. The zero-order chi connectivity index (χ0) is 16.2. The summed E-state index contributed by atoms with van der Waals surface area (Å²) in [5.74, 6) is 0.863. The Kier molecular flexibility index (Phi) is 4.40. The maximum absolute atomic E-state index is 8.83. The van der Waals surface area contributed by atoms with Crippen LogP contribution in [0, 0.1) is 18.3 Å². The first kappa shape index (κ1) is 15.3. The Balaban J connectivity index is 1.95. The largest absolute Gasteiger partial charge is 0.302 e. The number of pyridine rings is 1. The fourth-order valence-corrected chi connectivity index (χ4v) is 3.11. The van der Waals surface area contributed by atoms with Crippen LogP contribution < -0.4 is 0 Å². The molecule has 23 heavy (non-hydrogen) atoms. The van der Waals surface area contributed by atoms with Crippen molar-refractivity contribution in [3.05, 3.63) is 53.7 Å². The van der Waals surface area contributed by atoms with Gasteiger partial charge in [0.25, 0.3) is 0 Å². The van der Waals surface area contributed by atoms with Crippen LogP contribution in [0.3, 0.4) is 0 Å². The summed E-state index contributed by atoms with van der Waals surface area (Å²) in [6, 6.07) is 13.8. The third-order valence-corrected chi connectivity index (χ3v) is 4.42. The standard InChI is InChI=1S/C17H15N5S/c1-3-22-16(14-7-5-4-6-12(14)2)20-21-17(22)23-15-9-8-13(10-18)11-19-15/h4-9,11H,3H2,1-2H3. The first-order valence-electron chi connectivity index (χ1n) is 7.26. The van der Waals surface area contributed by atoms with E-state index < -0.39 is 0 Å². The summed E-state index contributed by atoms with van der Waals surface area (Å²) in [5.41, 5.74) is 2.80. The molecule has 114 valence electrons. The molecular formula is C17H15N5S. The number of benzene rings is 1. The second kappa shape index (κ2) is 6.63. The van der Waals surface area contributed by atoms with Crippen molar-refractivity contribution in [2.75, 3.05) is 0 Å². The van der Waals surface area contributed by atoms with E-state index in [0.29, 0.717) is 5.56 Å². The van der Waals surface area contributed by atoms with Gasteiger partial charge in [0.15, 0.2) is 11.0 Å². The Labute approximate surface area is 139 Å². The lowest BCUT2D eigenvalue weighted by molar-refractivity contribution is 0.686. The summed E-state index contributed by atoms with van der Waals surface area (Å²) >= 11 is 1.45. The number of rotatable bonds is 4. The molecule has 0 aliphatic rings. The van der Waals surface area contributed by atoms with Crippen molar-refractivity contribution in [2.24, 2.45) is 0 Å². The van der Waals surface area contributed by atoms with Crippen LogP contribution in [0.4, 0.5) is 0 Å². The quantitative estimate of drug-likeness (QED) is 0.733. The predicted molar refractivity (Wildman–Crippen MR) is 88.9 cm³/mol. The van der Waals surface area contributed by atoms with Gasteiger partial charge in [0.2, 0.25) is 0 Å². The molecule has 0 aliphatic carbocycles. The third kappa shape index (κ3) is 3.10. The molecule has 0 saturated heterocycles. The van der Waals surface area contributed by atoms with Crippen molar-refractivity contribution in [3.63, 3.8) is 0 Å². The average molecular weight is 321 g/mol. The molecule has 5 nitrogen and oxygen atoms in total. The molecule has 6 heteroatoms. The molecule has 0 saturated carbocycles. The Hall–Kier alpha value is -2.65. The van der Waals surface area contributed by atoms with E-state index in [9.17, 15) is 0 Å². The van der Waals surface area contributed by atoms with Crippen molar-refractivity contribution >= 4 is 11.8 Å². The van der Waals surface area contributed by atoms with Crippen LogP contribution in [0.15, 0.2) is 52.8 Å². The van der Waals surface area contributed by atoms with Gasteiger partial charge >= 0.3 is 0 Å². The van der Waals surface area contributed by atoms with Gasteiger partial charge < -0.3 is 4.57 Å². The number of nitrogens with zero attached hydrogens (tertiary/aromatic N) is 5. The molecule has 1 aromatic carbocycles. The summed E-state index contributed by atoms with van der Waals surface area (Å²) < 4.78 is 2.08. The molecule has 2 heterocycles. The minimum absolute atomic E-state index is 0.548. The van der Waals surface area contributed by atoms with Gasteiger partial charge in [0.1, 0.15) is 11.1 Å². The first-order valence-corrected chi connectivity index (χ1v) is 8.07. The maximum Gasteiger partial charge on any atom is 0.197 e. The fourth-order valence-electron chi connectivity index (χ4n) is 2.27. The highest BCUT2D eigenvalue weighted by Crippen LogP contribution is 2.29. The molecule has 0 aliphatic heterocycles. The summed E-state index contributed by atoms with van der Waals surface area (Å²) in [6.07, 6.45) is 1.57. The van der Waals surface area contributed by atoms with E-state index in [0.717, 1.165) is 28.1 Å². The van der Waals surface area contributed by atoms with Gasteiger partial charge in [0, 0.05) is 18.3 Å². The van der Waals surface area contributed by atoms with Crippen molar-refractivity contribution in [3.8, 4) is 17.5 Å². The topological polar surface area (TPSA) is 67.4 Å². The molecule has 3 aromatic rings. The Morgan fingerprint density at radius 1 is 1.17 bits per heavy atom. The second-order valence-electron chi connectivity index (χ2n) is 4.96. The first-order chi connectivity index (χ1) is 11.2. The fraction of sp³-hybridized carbons (Fsp3) is 0.176. The van der Waals surface area contributed by atoms with Crippen LogP contribution in [0.2, 0.25) is 0 Å². The molecule has 0 spiro atoms. The minimum atomic E-state index is 0.548. The Morgan fingerprint density at radius 3 is 2.65 bits per heavy atom. The summed E-state index contributed by atoms with van der Waals surface area (Å²) in [5, 5.41) is 19.1. The van der Waals surface area contributed by atoms with Crippen LogP contribution in [-0.2, 0) is 6.54 Å². The van der Waals surface area contributed by atoms with Crippen LogP contribution in [0.25, 0.3) is 11.4 Å². The highest BCUT2D eigenvalue weighted by atomic mass is 32.2. The SMILES string of the molecule is CCn1c(Sc2ccc(C#N)cn2)nnc1-c1ccccc1C. The van der Waals surface area contributed by atoms with Crippen LogP contribution >= 0.6 is 11.8 Å². The molecule has 0 fully saturated rings. The van der Waals surface area contributed by atoms with Crippen molar-refractivity contribution in [1.29, 1.82) is 5.26 Å². The monoisotopic (exact) mass is 321 g/mol. The summed E-state index contributed by atoms with van der Waals surface area (Å²) in [4.78, 5) is 4.28. The van der Waals surface area contributed by atoms with Gasteiger partial charge in [-0.05, 0) is 43.3 Å². The van der Waals surface area contributed by atoms with Gasteiger partial charge in [-0.3, -0.25) is 0 Å². The van der Waals surface area contributed by atoms with Gasteiger partial charge in [-0.1, -0.05) is 24.3 Å². The zero-order valence-electron chi connectivity index (χ0n) is 12.9. The van der Waals surface area contributed by atoms with E-state index in [2.05, 4.69) is 51.8 Å². The Bertz CT molecular complexity index is 861. The van der Waals surface area contributed by atoms with Crippen LogP contribution in [0.5, 0.6) is 0 Å². The van der Waals surface area contributed by atoms with E-state index in [4.69, 9.17) is 5.26 Å². The number of nitriles is 1.